The lowest BCUT2D eigenvalue weighted by Crippen LogP contribution is -2.51. The van der Waals surface area contributed by atoms with Crippen LogP contribution in [0.25, 0.3) is 0 Å². The SMILES string of the molecule is CCOC(=O)N1CCC(NC(=NC)NCC(CC)Oc2ccccc2)CC1.I. The van der Waals surface area contributed by atoms with Gasteiger partial charge in [-0.1, -0.05) is 25.1 Å². The van der Waals surface area contributed by atoms with Crippen LogP contribution >= 0.6 is 24.0 Å². The van der Waals surface area contributed by atoms with Crippen LogP contribution in [0.2, 0.25) is 0 Å². The van der Waals surface area contributed by atoms with Gasteiger partial charge in [0.25, 0.3) is 0 Å². The Bertz CT molecular complexity index is 592. The monoisotopic (exact) mass is 504 g/mol. The van der Waals surface area contributed by atoms with E-state index in [0.717, 1.165) is 31.0 Å². The lowest BCUT2D eigenvalue weighted by Gasteiger charge is -2.32. The zero-order valence-electron chi connectivity index (χ0n) is 17.0. The number of likely N-dealkylation sites (tertiary alicyclic amines) is 1. The van der Waals surface area contributed by atoms with Gasteiger partial charge in [-0.05, 0) is 38.3 Å². The van der Waals surface area contributed by atoms with Gasteiger partial charge in [0.1, 0.15) is 11.9 Å². The Kier molecular flexibility index (Phi) is 11.7. The number of nitrogens with one attached hydrogen (secondary N) is 2. The topological polar surface area (TPSA) is 75.2 Å². The molecule has 28 heavy (non-hydrogen) atoms. The summed E-state index contributed by atoms with van der Waals surface area (Å²) in [5, 5.41) is 6.80. The molecule has 1 fully saturated rings. The van der Waals surface area contributed by atoms with Crippen molar-refractivity contribution >= 4 is 36.0 Å². The minimum Gasteiger partial charge on any atom is -0.489 e. The first-order chi connectivity index (χ1) is 13.2. The van der Waals surface area contributed by atoms with Gasteiger partial charge < -0.3 is 25.0 Å². The number of amides is 1. The Labute approximate surface area is 185 Å². The first-order valence-corrected chi connectivity index (χ1v) is 9.76. The van der Waals surface area contributed by atoms with Crippen LogP contribution in [0.4, 0.5) is 4.79 Å². The van der Waals surface area contributed by atoms with Crippen molar-refractivity contribution < 1.29 is 14.3 Å². The molecule has 1 saturated heterocycles. The van der Waals surface area contributed by atoms with E-state index in [-0.39, 0.29) is 42.2 Å². The molecule has 1 aromatic carbocycles. The maximum Gasteiger partial charge on any atom is 0.409 e. The molecule has 8 heteroatoms. The normalized spacial score (nSPS) is 16.0. The molecule has 2 rings (SSSR count). The van der Waals surface area contributed by atoms with E-state index in [2.05, 4.69) is 22.5 Å². The Morgan fingerprint density at radius 1 is 1.25 bits per heavy atom. The molecule has 0 saturated carbocycles. The second kappa shape index (κ2) is 13.5. The summed E-state index contributed by atoms with van der Waals surface area (Å²) >= 11 is 0. The molecule has 7 nitrogen and oxygen atoms in total. The van der Waals surface area contributed by atoms with Gasteiger partial charge in [0, 0.05) is 26.2 Å². The summed E-state index contributed by atoms with van der Waals surface area (Å²) in [6, 6.07) is 10.1. The quantitative estimate of drug-likeness (QED) is 0.339. The van der Waals surface area contributed by atoms with Crippen molar-refractivity contribution in [3.05, 3.63) is 30.3 Å². The summed E-state index contributed by atoms with van der Waals surface area (Å²) in [4.78, 5) is 17.9. The van der Waals surface area contributed by atoms with Gasteiger partial charge in [-0.25, -0.2) is 4.79 Å². The maximum absolute atomic E-state index is 11.8. The van der Waals surface area contributed by atoms with Crippen LogP contribution in [0.3, 0.4) is 0 Å². The molecular formula is C20H33IN4O3. The number of carbonyl (C=O) groups excluding carboxylic acids is 1. The number of nitrogens with zero attached hydrogens (tertiary/aromatic N) is 2. The van der Waals surface area contributed by atoms with Crippen LogP contribution in [0.15, 0.2) is 35.3 Å². The molecule has 1 aromatic rings. The Morgan fingerprint density at radius 2 is 1.93 bits per heavy atom. The van der Waals surface area contributed by atoms with E-state index in [1.807, 2.05) is 37.3 Å². The molecule has 1 unspecified atom stereocenters. The van der Waals surface area contributed by atoms with E-state index in [4.69, 9.17) is 9.47 Å². The first kappa shape index (κ1) is 24.3. The van der Waals surface area contributed by atoms with Crippen molar-refractivity contribution in [2.24, 2.45) is 4.99 Å². The molecule has 1 atom stereocenters. The molecule has 0 aromatic heterocycles. The molecule has 1 aliphatic heterocycles. The number of halogens is 1. The van der Waals surface area contributed by atoms with Gasteiger partial charge in [-0.2, -0.15) is 0 Å². The number of carbonyl (C=O) groups is 1. The van der Waals surface area contributed by atoms with Crippen molar-refractivity contribution in [2.45, 2.75) is 45.3 Å². The highest BCUT2D eigenvalue weighted by Crippen LogP contribution is 2.13. The number of ether oxygens (including phenoxy) is 2. The summed E-state index contributed by atoms with van der Waals surface area (Å²) < 4.78 is 11.1. The van der Waals surface area contributed by atoms with Crippen LogP contribution in [0.5, 0.6) is 5.75 Å². The minimum atomic E-state index is -0.220. The molecule has 1 heterocycles. The Balaban J connectivity index is 0.00000392. The molecule has 1 aliphatic rings. The number of aliphatic imine (C=N–C) groups is 1. The first-order valence-electron chi connectivity index (χ1n) is 9.76. The number of benzene rings is 1. The highest BCUT2D eigenvalue weighted by Gasteiger charge is 2.24. The van der Waals surface area contributed by atoms with Gasteiger partial charge >= 0.3 is 6.09 Å². The van der Waals surface area contributed by atoms with Crippen LogP contribution < -0.4 is 15.4 Å². The predicted octanol–water partition coefficient (Wildman–Crippen LogP) is 3.25. The van der Waals surface area contributed by atoms with Crippen molar-refractivity contribution in [3.63, 3.8) is 0 Å². The van der Waals surface area contributed by atoms with Gasteiger partial charge in [-0.15, -0.1) is 24.0 Å². The second-order valence-electron chi connectivity index (χ2n) is 6.52. The van der Waals surface area contributed by atoms with Gasteiger partial charge in [0.05, 0.1) is 13.2 Å². The standard InChI is InChI=1S/C20H32N4O3.HI/c1-4-17(27-18-9-7-6-8-10-18)15-22-19(21-3)23-16-11-13-24(14-12-16)20(25)26-5-2;/h6-10,16-17H,4-5,11-15H2,1-3H3,(H2,21,22,23);1H. The van der Waals surface area contributed by atoms with Crippen LogP contribution in [-0.2, 0) is 4.74 Å². The van der Waals surface area contributed by atoms with Crippen LogP contribution in [0.1, 0.15) is 33.1 Å². The van der Waals surface area contributed by atoms with E-state index < -0.39 is 0 Å². The summed E-state index contributed by atoms with van der Waals surface area (Å²) in [5.41, 5.74) is 0. The largest absolute Gasteiger partial charge is 0.489 e. The van der Waals surface area contributed by atoms with Crippen molar-refractivity contribution in [1.29, 1.82) is 0 Å². The van der Waals surface area contributed by atoms with Gasteiger partial charge in [0.15, 0.2) is 5.96 Å². The minimum absolute atomic E-state index is 0. The van der Waals surface area contributed by atoms with E-state index >= 15 is 0 Å². The van der Waals surface area contributed by atoms with Crippen molar-refractivity contribution in [3.8, 4) is 5.75 Å². The van der Waals surface area contributed by atoms with Crippen molar-refractivity contribution in [2.75, 3.05) is 33.3 Å². The van der Waals surface area contributed by atoms with Crippen molar-refractivity contribution in [1.82, 2.24) is 15.5 Å². The zero-order chi connectivity index (χ0) is 19.5. The molecule has 0 radical (unpaired) electrons. The predicted molar refractivity (Wildman–Crippen MR) is 123 cm³/mol. The fourth-order valence-corrected chi connectivity index (χ4v) is 2.98. The molecule has 1 amide bonds. The number of piperidine rings is 1. The number of guanidine groups is 1. The Morgan fingerprint density at radius 3 is 2.50 bits per heavy atom. The number of hydrogen-bond donors (Lipinski definition) is 2. The summed E-state index contributed by atoms with van der Waals surface area (Å²) in [7, 11) is 1.77. The third-order valence-corrected chi connectivity index (χ3v) is 4.58. The average Bonchev–Trinajstić information content (AvgIpc) is 2.71. The Hall–Kier alpha value is -1.71. The second-order valence-corrected chi connectivity index (χ2v) is 6.52. The van der Waals surface area contributed by atoms with E-state index in [1.54, 1.807) is 11.9 Å². The summed E-state index contributed by atoms with van der Waals surface area (Å²) in [6.07, 6.45) is 2.49. The molecule has 2 N–H and O–H groups in total. The lowest BCUT2D eigenvalue weighted by molar-refractivity contribution is 0.0962. The highest BCUT2D eigenvalue weighted by molar-refractivity contribution is 14.0. The van der Waals surface area contributed by atoms with Crippen LogP contribution in [-0.4, -0.2) is 62.4 Å². The molecule has 0 bridgehead atoms. The fraction of sp³-hybridized carbons (Fsp3) is 0.600. The lowest BCUT2D eigenvalue weighted by atomic mass is 10.1. The highest BCUT2D eigenvalue weighted by atomic mass is 127. The summed E-state index contributed by atoms with van der Waals surface area (Å²) in [5.74, 6) is 1.64. The number of rotatable bonds is 7. The van der Waals surface area contributed by atoms with E-state index in [1.165, 1.54) is 0 Å². The van der Waals surface area contributed by atoms with E-state index in [0.29, 0.717) is 26.2 Å². The molecule has 0 spiro atoms. The number of para-hydroxylation sites is 1. The van der Waals surface area contributed by atoms with E-state index in [9.17, 15) is 4.79 Å². The smallest absolute Gasteiger partial charge is 0.409 e. The molecule has 0 aliphatic carbocycles. The molecular weight excluding hydrogens is 471 g/mol. The van der Waals surface area contributed by atoms with Crippen LogP contribution in [0, 0.1) is 0 Å². The average molecular weight is 504 g/mol. The van der Waals surface area contributed by atoms with Gasteiger partial charge in [0.2, 0.25) is 0 Å². The third-order valence-electron chi connectivity index (χ3n) is 4.58. The number of hydrogen-bond acceptors (Lipinski definition) is 4. The van der Waals surface area contributed by atoms with Gasteiger partial charge in [-0.3, -0.25) is 4.99 Å². The summed E-state index contributed by atoms with van der Waals surface area (Å²) in [6.45, 7) is 6.41. The third kappa shape index (κ3) is 8.12. The zero-order valence-corrected chi connectivity index (χ0v) is 19.3. The molecule has 158 valence electrons. The maximum atomic E-state index is 11.8. The fourth-order valence-electron chi connectivity index (χ4n) is 2.98.